The molecule has 0 unspecified atom stereocenters. The zero-order valence-corrected chi connectivity index (χ0v) is 9.61. The van der Waals surface area contributed by atoms with Crippen LogP contribution in [0.3, 0.4) is 0 Å². The van der Waals surface area contributed by atoms with Crippen LogP contribution in [-0.4, -0.2) is 35.7 Å². The maximum Gasteiger partial charge on any atom is 0.328 e. The lowest BCUT2D eigenvalue weighted by molar-refractivity contribution is -0.149. The van der Waals surface area contributed by atoms with Crippen LogP contribution in [-0.2, 0) is 14.3 Å². The summed E-state index contributed by atoms with van der Waals surface area (Å²) in [5, 5.41) is 11.4. The van der Waals surface area contributed by atoms with Gasteiger partial charge in [-0.1, -0.05) is 13.8 Å². The predicted molar refractivity (Wildman–Crippen MR) is 55.1 cm³/mol. The third-order valence-electron chi connectivity index (χ3n) is 1.88. The van der Waals surface area contributed by atoms with Crippen molar-refractivity contribution in [1.29, 1.82) is 0 Å². The average Bonchev–Trinajstić information content (AvgIpc) is 2.13. The minimum atomic E-state index is -1.12. The summed E-state index contributed by atoms with van der Waals surface area (Å²) in [4.78, 5) is 22.6. The van der Waals surface area contributed by atoms with Crippen molar-refractivity contribution < 1.29 is 19.4 Å². The second kappa shape index (κ2) is 6.40. The number of hydrogen-bond acceptors (Lipinski definition) is 4. The molecule has 0 heterocycles. The van der Waals surface area contributed by atoms with Gasteiger partial charge in [0.2, 0.25) is 5.91 Å². The van der Waals surface area contributed by atoms with Gasteiger partial charge in [0.05, 0.1) is 6.61 Å². The Kier molecular flexibility index (Phi) is 5.93. The van der Waals surface area contributed by atoms with E-state index in [2.05, 4.69) is 5.32 Å². The van der Waals surface area contributed by atoms with Crippen molar-refractivity contribution in [1.82, 2.24) is 5.32 Å². The summed E-state index contributed by atoms with van der Waals surface area (Å²) in [5.41, 5.74) is 0. The molecule has 0 aromatic rings. The van der Waals surface area contributed by atoms with E-state index in [0.717, 1.165) is 0 Å². The van der Waals surface area contributed by atoms with Gasteiger partial charge in [0.25, 0.3) is 0 Å². The first-order valence-corrected chi connectivity index (χ1v) is 5.05. The van der Waals surface area contributed by atoms with Crippen LogP contribution in [0.25, 0.3) is 0 Å². The molecular weight excluding hydrogens is 198 g/mol. The molecule has 0 fully saturated rings. The monoisotopic (exact) mass is 217 g/mol. The van der Waals surface area contributed by atoms with Gasteiger partial charge >= 0.3 is 5.97 Å². The molecule has 15 heavy (non-hydrogen) atoms. The van der Waals surface area contributed by atoms with E-state index in [-0.39, 0.29) is 12.5 Å². The molecule has 0 aliphatic heterocycles. The molecule has 88 valence electrons. The number of carbonyl (C=O) groups is 2. The normalized spacial score (nSPS) is 14.5. The molecule has 0 radical (unpaired) electrons. The number of carbonyl (C=O) groups excluding carboxylic acids is 2. The summed E-state index contributed by atoms with van der Waals surface area (Å²) in [6.45, 7) is 6.91. The molecule has 0 aromatic heterocycles. The van der Waals surface area contributed by atoms with Gasteiger partial charge in [0.15, 0.2) is 0 Å². The minimum Gasteiger partial charge on any atom is -0.464 e. The Morgan fingerprint density at radius 3 is 2.20 bits per heavy atom. The molecule has 0 aliphatic rings. The van der Waals surface area contributed by atoms with Crippen LogP contribution in [0.1, 0.15) is 27.7 Å². The number of hydrogen-bond donors (Lipinski definition) is 2. The van der Waals surface area contributed by atoms with Crippen LogP contribution in [0.4, 0.5) is 0 Å². The van der Waals surface area contributed by atoms with Crippen LogP contribution in [0.5, 0.6) is 0 Å². The third kappa shape index (κ3) is 4.78. The molecule has 0 rings (SSSR count). The molecule has 0 aromatic carbocycles. The van der Waals surface area contributed by atoms with E-state index in [1.165, 1.54) is 6.92 Å². The van der Waals surface area contributed by atoms with E-state index in [9.17, 15) is 9.59 Å². The van der Waals surface area contributed by atoms with Crippen LogP contribution < -0.4 is 5.32 Å². The number of aliphatic hydroxyl groups is 1. The molecule has 2 atom stereocenters. The Morgan fingerprint density at radius 2 is 1.87 bits per heavy atom. The van der Waals surface area contributed by atoms with Gasteiger partial charge in [-0.2, -0.15) is 0 Å². The summed E-state index contributed by atoms with van der Waals surface area (Å²) in [7, 11) is 0. The number of ether oxygens (including phenoxy) is 1. The van der Waals surface area contributed by atoms with Gasteiger partial charge in [-0.05, 0) is 19.8 Å². The number of esters is 1. The second-order valence-corrected chi connectivity index (χ2v) is 3.66. The summed E-state index contributed by atoms with van der Waals surface area (Å²) >= 11 is 0. The Bertz CT molecular complexity index is 225. The quantitative estimate of drug-likeness (QED) is 0.639. The van der Waals surface area contributed by atoms with E-state index < -0.39 is 24.0 Å². The molecule has 0 bridgehead atoms. The Balaban J connectivity index is 4.41. The highest BCUT2D eigenvalue weighted by atomic mass is 16.5. The summed E-state index contributed by atoms with van der Waals surface area (Å²) < 4.78 is 4.81. The fourth-order valence-corrected chi connectivity index (χ4v) is 1.00. The van der Waals surface area contributed by atoms with Gasteiger partial charge < -0.3 is 15.2 Å². The fraction of sp³-hybridized carbons (Fsp3) is 0.800. The molecule has 2 N–H and O–H groups in total. The van der Waals surface area contributed by atoms with Crippen LogP contribution >= 0.6 is 0 Å². The number of aliphatic hydroxyl groups excluding tert-OH is 1. The van der Waals surface area contributed by atoms with Gasteiger partial charge in [-0.3, -0.25) is 4.79 Å². The Hall–Kier alpha value is -1.10. The van der Waals surface area contributed by atoms with Crippen molar-refractivity contribution in [3.05, 3.63) is 0 Å². The van der Waals surface area contributed by atoms with Crippen molar-refractivity contribution in [2.24, 2.45) is 5.92 Å². The van der Waals surface area contributed by atoms with Crippen molar-refractivity contribution >= 4 is 11.9 Å². The molecule has 0 spiro atoms. The topological polar surface area (TPSA) is 75.6 Å². The average molecular weight is 217 g/mol. The second-order valence-electron chi connectivity index (χ2n) is 3.66. The Labute approximate surface area is 89.8 Å². The van der Waals surface area contributed by atoms with Crippen LogP contribution in [0.2, 0.25) is 0 Å². The molecular formula is C10H19NO4. The third-order valence-corrected chi connectivity index (χ3v) is 1.88. The first kappa shape index (κ1) is 13.9. The zero-order chi connectivity index (χ0) is 12.0. The lowest BCUT2D eigenvalue weighted by Crippen LogP contribution is -2.48. The maximum atomic E-state index is 11.4. The van der Waals surface area contributed by atoms with E-state index in [4.69, 9.17) is 9.84 Å². The van der Waals surface area contributed by atoms with E-state index in [1.54, 1.807) is 20.8 Å². The Morgan fingerprint density at radius 1 is 1.33 bits per heavy atom. The standard InChI is InChI=1S/C10H19NO4/c1-5-15-10(14)8(6(2)3)11-9(13)7(4)12/h6-8,12H,5H2,1-4H3,(H,11,13)/t7-,8-/m0/s1. The lowest BCUT2D eigenvalue weighted by atomic mass is 10.0. The summed E-state index contributed by atoms with van der Waals surface area (Å²) in [6, 6.07) is -0.702. The molecule has 1 amide bonds. The molecule has 0 saturated carbocycles. The van der Waals surface area contributed by atoms with Crippen LogP contribution in [0.15, 0.2) is 0 Å². The molecule has 0 aliphatic carbocycles. The summed E-state index contributed by atoms with van der Waals surface area (Å²) in [6.07, 6.45) is -1.12. The minimum absolute atomic E-state index is 0.0771. The predicted octanol–water partition coefficient (Wildman–Crippen LogP) is 0.0711. The maximum absolute atomic E-state index is 11.4. The van der Waals surface area contributed by atoms with E-state index >= 15 is 0 Å². The molecule has 0 saturated heterocycles. The smallest absolute Gasteiger partial charge is 0.328 e. The SMILES string of the molecule is CCOC(=O)[C@@H](NC(=O)[C@H](C)O)C(C)C. The number of amides is 1. The van der Waals surface area contributed by atoms with Gasteiger partial charge in [0, 0.05) is 0 Å². The molecule has 5 heteroatoms. The van der Waals surface area contributed by atoms with Crippen molar-refractivity contribution in [3.63, 3.8) is 0 Å². The van der Waals surface area contributed by atoms with Crippen LogP contribution in [0, 0.1) is 5.92 Å². The van der Waals surface area contributed by atoms with Crippen molar-refractivity contribution in [2.45, 2.75) is 39.8 Å². The van der Waals surface area contributed by atoms with Gasteiger partial charge in [-0.25, -0.2) is 4.79 Å². The first-order valence-electron chi connectivity index (χ1n) is 5.05. The summed E-state index contributed by atoms with van der Waals surface area (Å²) in [5.74, 6) is -1.12. The highest BCUT2D eigenvalue weighted by Crippen LogP contribution is 2.04. The lowest BCUT2D eigenvalue weighted by Gasteiger charge is -2.21. The van der Waals surface area contributed by atoms with Crippen molar-refractivity contribution in [3.8, 4) is 0 Å². The first-order chi connectivity index (χ1) is 6.90. The zero-order valence-electron chi connectivity index (χ0n) is 9.61. The van der Waals surface area contributed by atoms with Gasteiger partial charge in [0.1, 0.15) is 12.1 Å². The highest BCUT2D eigenvalue weighted by Gasteiger charge is 2.26. The largest absolute Gasteiger partial charge is 0.464 e. The molecule has 5 nitrogen and oxygen atoms in total. The van der Waals surface area contributed by atoms with Crippen molar-refractivity contribution in [2.75, 3.05) is 6.61 Å². The number of nitrogens with one attached hydrogen (secondary N) is 1. The number of rotatable bonds is 5. The van der Waals surface area contributed by atoms with E-state index in [1.807, 2.05) is 0 Å². The van der Waals surface area contributed by atoms with Gasteiger partial charge in [-0.15, -0.1) is 0 Å². The highest BCUT2D eigenvalue weighted by molar-refractivity contribution is 5.86. The van der Waals surface area contributed by atoms with E-state index in [0.29, 0.717) is 0 Å². The fourth-order valence-electron chi connectivity index (χ4n) is 1.00.